The van der Waals surface area contributed by atoms with E-state index < -0.39 is 0 Å². The Morgan fingerprint density at radius 3 is 2.47 bits per heavy atom. The molecule has 1 saturated heterocycles. The Kier molecular flexibility index (Phi) is 9.48. The maximum atomic E-state index is 13.0. The first-order chi connectivity index (χ1) is 18.4. The van der Waals surface area contributed by atoms with Crippen LogP contribution >= 0.6 is 11.3 Å². The molecule has 1 aliphatic rings. The highest BCUT2D eigenvalue weighted by molar-refractivity contribution is 7.07. The molecule has 2 N–H and O–H groups in total. The summed E-state index contributed by atoms with van der Waals surface area (Å²) in [7, 11) is 1.46. The molecule has 0 unspecified atom stereocenters. The molecule has 0 radical (unpaired) electrons. The molecule has 4 rings (SSSR count). The molecule has 2 aromatic heterocycles. The topological polar surface area (TPSA) is 105 Å². The average Bonchev–Trinajstić information content (AvgIpc) is 3.62. The Morgan fingerprint density at radius 2 is 1.87 bits per heavy atom. The zero-order valence-electron chi connectivity index (χ0n) is 22.5. The van der Waals surface area contributed by atoms with Crippen molar-refractivity contribution in [1.82, 2.24) is 35.4 Å². The Hall–Kier alpha value is -3.28. The number of likely N-dealkylation sites (tertiary alicyclic amines) is 1. The van der Waals surface area contributed by atoms with Crippen molar-refractivity contribution in [2.45, 2.75) is 58.7 Å². The van der Waals surface area contributed by atoms with Gasteiger partial charge in [-0.05, 0) is 85.7 Å². The second kappa shape index (κ2) is 13.0. The number of benzene rings is 1. The molecule has 1 aliphatic heterocycles. The molecular formula is C27H37N7O3S. The first-order valence-corrected chi connectivity index (χ1v) is 13.9. The number of urea groups is 1. The van der Waals surface area contributed by atoms with Crippen LogP contribution in [0.2, 0.25) is 0 Å². The number of carbonyl (C=O) groups excluding carboxylic acids is 2. The van der Waals surface area contributed by atoms with Crippen molar-refractivity contribution in [3.63, 3.8) is 0 Å². The van der Waals surface area contributed by atoms with Gasteiger partial charge in [0.15, 0.2) is 0 Å². The molecule has 1 fully saturated rings. The predicted octanol–water partition coefficient (Wildman–Crippen LogP) is 3.69. The molecule has 0 saturated carbocycles. The van der Waals surface area contributed by atoms with E-state index in [9.17, 15) is 9.59 Å². The first kappa shape index (κ1) is 27.7. The van der Waals surface area contributed by atoms with Gasteiger partial charge in [-0.25, -0.2) is 10.3 Å². The number of amides is 3. The minimum absolute atomic E-state index is 0.0468. The second-order valence-electron chi connectivity index (χ2n) is 9.86. The van der Waals surface area contributed by atoms with E-state index in [1.54, 1.807) is 24.0 Å². The smallest absolute Gasteiger partial charge is 0.341 e. The van der Waals surface area contributed by atoms with Crippen LogP contribution in [-0.2, 0) is 11.4 Å². The van der Waals surface area contributed by atoms with Gasteiger partial charge in [0.05, 0.1) is 7.11 Å². The number of thiophene rings is 1. The van der Waals surface area contributed by atoms with Crippen molar-refractivity contribution >= 4 is 23.3 Å². The predicted molar refractivity (Wildman–Crippen MR) is 147 cm³/mol. The maximum Gasteiger partial charge on any atom is 0.341 e. The standard InChI is InChI=1S/C27H37N7O3S/c1-19-13-24(33-17-29-30-18-33)14-20(2)25(19)26(35)28-9-5-21(3)32-10-6-23(7-11-32)34(27(36)31-37-4)15-22-8-12-38-16-22/h8,12-14,16-18,21,23H,5-7,9-11,15H2,1-4H3,(H,28,35)(H,31,36)/t21-/m1/s1. The van der Waals surface area contributed by atoms with Crippen molar-refractivity contribution in [3.05, 3.63) is 63.9 Å². The lowest BCUT2D eigenvalue weighted by Crippen LogP contribution is -2.51. The molecule has 0 bridgehead atoms. The SMILES string of the molecule is CONC(=O)N(Cc1ccsc1)C1CCN([C@H](C)CCNC(=O)c2c(C)cc(-n3cnnc3)cc2C)CC1. The zero-order chi connectivity index (χ0) is 27.1. The van der Waals surface area contributed by atoms with Crippen LogP contribution in [0, 0.1) is 13.8 Å². The van der Waals surface area contributed by atoms with Crippen LogP contribution in [0.1, 0.15) is 53.2 Å². The van der Waals surface area contributed by atoms with E-state index in [1.807, 2.05) is 40.8 Å². The number of nitrogens with zero attached hydrogens (tertiary/aromatic N) is 5. The van der Waals surface area contributed by atoms with Crippen LogP contribution in [-0.4, -0.2) is 75.3 Å². The van der Waals surface area contributed by atoms with Crippen LogP contribution in [0.5, 0.6) is 0 Å². The summed E-state index contributed by atoms with van der Waals surface area (Å²) in [6.07, 6.45) is 5.95. The Morgan fingerprint density at radius 1 is 1.18 bits per heavy atom. The summed E-state index contributed by atoms with van der Waals surface area (Å²) in [4.78, 5) is 34.9. The summed E-state index contributed by atoms with van der Waals surface area (Å²) >= 11 is 1.63. The van der Waals surface area contributed by atoms with Crippen molar-refractivity contribution in [2.75, 3.05) is 26.7 Å². The van der Waals surface area contributed by atoms with Crippen molar-refractivity contribution < 1.29 is 14.4 Å². The number of rotatable bonds is 10. The Balaban J connectivity index is 1.26. The maximum absolute atomic E-state index is 13.0. The molecule has 3 amide bonds. The van der Waals surface area contributed by atoms with Gasteiger partial charge in [0, 0.05) is 49.5 Å². The highest BCUT2D eigenvalue weighted by Crippen LogP contribution is 2.23. The van der Waals surface area contributed by atoms with Gasteiger partial charge in [-0.1, -0.05) is 0 Å². The third kappa shape index (κ3) is 6.77. The van der Waals surface area contributed by atoms with Gasteiger partial charge in [0.1, 0.15) is 12.7 Å². The number of aromatic nitrogens is 3. The second-order valence-corrected chi connectivity index (χ2v) is 10.6. The van der Waals surface area contributed by atoms with E-state index in [2.05, 4.69) is 44.3 Å². The first-order valence-electron chi connectivity index (χ1n) is 13.0. The summed E-state index contributed by atoms with van der Waals surface area (Å²) in [6, 6.07) is 6.29. The third-order valence-corrected chi connectivity index (χ3v) is 7.99. The van der Waals surface area contributed by atoms with Gasteiger partial charge in [0.25, 0.3) is 5.91 Å². The largest absolute Gasteiger partial charge is 0.352 e. The molecule has 0 aliphatic carbocycles. The number of aryl methyl sites for hydroxylation is 2. The van der Waals surface area contributed by atoms with Crippen LogP contribution in [0.15, 0.2) is 41.6 Å². The number of carbonyl (C=O) groups is 2. The molecule has 38 heavy (non-hydrogen) atoms. The van der Waals surface area contributed by atoms with Gasteiger partial charge in [-0.15, -0.1) is 10.2 Å². The molecule has 204 valence electrons. The average molecular weight is 540 g/mol. The fourth-order valence-electron chi connectivity index (χ4n) is 5.18. The number of hydrogen-bond acceptors (Lipinski definition) is 7. The molecule has 1 atom stereocenters. The fourth-order valence-corrected chi connectivity index (χ4v) is 5.84. The highest BCUT2D eigenvalue weighted by atomic mass is 32.1. The molecular weight excluding hydrogens is 502 g/mol. The van der Waals surface area contributed by atoms with E-state index in [-0.39, 0.29) is 18.0 Å². The van der Waals surface area contributed by atoms with Gasteiger partial charge in [-0.3, -0.25) is 14.2 Å². The van der Waals surface area contributed by atoms with Gasteiger partial charge in [0.2, 0.25) is 0 Å². The lowest BCUT2D eigenvalue weighted by molar-refractivity contribution is 0.0565. The van der Waals surface area contributed by atoms with Crippen LogP contribution in [0.3, 0.4) is 0 Å². The molecule has 3 aromatic rings. The van der Waals surface area contributed by atoms with E-state index >= 15 is 0 Å². The minimum Gasteiger partial charge on any atom is -0.352 e. The quantitative estimate of drug-likeness (QED) is 0.381. The number of hydroxylamine groups is 1. The van der Waals surface area contributed by atoms with Crippen molar-refractivity contribution in [3.8, 4) is 5.69 Å². The summed E-state index contributed by atoms with van der Waals surface area (Å²) in [5, 5.41) is 14.9. The molecule has 10 nitrogen and oxygen atoms in total. The number of piperidine rings is 1. The lowest BCUT2D eigenvalue weighted by atomic mass is 10.00. The molecule has 1 aromatic carbocycles. The number of hydrogen-bond donors (Lipinski definition) is 2. The summed E-state index contributed by atoms with van der Waals surface area (Å²) in [5.74, 6) is -0.0468. The molecule has 11 heteroatoms. The Bertz CT molecular complexity index is 1170. The van der Waals surface area contributed by atoms with Crippen LogP contribution < -0.4 is 10.8 Å². The van der Waals surface area contributed by atoms with Gasteiger partial charge < -0.3 is 15.1 Å². The van der Waals surface area contributed by atoms with E-state index in [0.717, 1.165) is 60.3 Å². The highest BCUT2D eigenvalue weighted by Gasteiger charge is 2.30. The Labute approximate surface area is 227 Å². The van der Waals surface area contributed by atoms with Crippen molar-refractivity contribution in [1.29, 1.82) is 0 Å². The van der Waals surface area contributed by atoms with E-state index in [4.69, 9.17) is 4.84 Å². The minimum atomic E-state index is -0.201. The fraction of sp³-hybridized carbons (Fsp3) is 0.481. The van der Waals surface area contributed by atoms with E-state index in [1.165, 1.54) is 7.11 Å². The van der Waals surface area contributed by atoms with Gasteiger partial charge >= 0.3 is 6.03 Å². The number of nitrogens with one attached hydrogen (secondary N) is 2. The van der Waals surface area contributed by atoms with E-state index in [0.29, 0.717) is 19.1 Å². The lowest BCUT2D eigenvalue weighted by Gasteiger charge is -2.40. The molecule has 3 heterocycles. The van der Waals surface area contributed by atoms with Crippen LogP contribution in [0.4, 0.5) is 4.79 Å². The summed E-state index contributed by atoms with van der Waals surface area (Å²) in [5.41, 5.74) is 7.12. The van der Waals surface area contributed by atoms with Crippen LogP contribution in [0.25, 0.3) is 5.69 Å². The molecule has 0 spiro atoms. The van der Waals surface area contributed by atoms with Crippen molar-refractivity contribution in [2.24, 2.45) is 0 Å². The normalized spacial score (nSPS) is 15.3. The van der Waals surface area contributed by atoms with Gasteiger partial charge in [-0.2, -0.15) is 11.3 Å². The zero-order valence-corrected chi connectivity index (χ0v) is 23.3. The monoisotopic (exact) mass is 539 g/mol. The summed E-state index contributed by atoms with van der Waals surface area (Å²) < 4.78 is 1.83. The summed E-state index contributed by atoms with van der Waals surface area (Å²) in [6.45, 7) is 9.11. The third-order valence-electron chi connectivity index (χ3n) is 7.26.